The largest absolute Gasteiger partial charge is 0.398 e. The van der Waals surface area contributed by atoms with E-state index in [1.807, 2.05) is 6.07 Å². The maximum Gasteiger partial charge on any atom is 0.150 e. The lowest BCUT2D eigenvalue weighted by Gasteiger charge is -2.12. The van der Waals surface area contributed by atoms with Crippen molar-refractivity contribution in [2.75, 3.05) is 30.8 Å². The molecule has 1 aliphatic rings. The minimum atomic E-state index is -0.363. The highest BCUT2D eigenvalue weighted by molar-refractivity contribution is 5.98. The zero-order chi connectivity index (χ0) is 14.7. The van der Waals surface area contributed by atoms with Crippen molar-refractivity contribution in [2.24, 2.45) is 5.92 Å². The second-order valence-electron chi connectivity index (χ2n) is 5.52. The highest BCUT2D eigenvalue weighted by Gasteiger charge is 2.20. The molecule has 5 heteroatoms. The number of nitrogens with zero attached hydrogens (tertiary/aromatic N) is 1. The quantitative estimate of drug-likeness (QED) is 0.607. The van der Waals surface area contributed by atoms with Gasteiger partial charge in [0, 0.05) is 37.0 Å². The lowest BCUT2D eigenvalue weighted by molar-refractivity contribution is 0.124. The number of pyridine rings is 1. The van der Waals surface area contributed by atoms with Crippen molar-refractivity contribution >= 4 is 22.3 Å². The molecule has 3 N–H and O–H groups in total. The fourth-order valence-electron chi connectivity index (χ4n) is 2.33. The second kappa shape index (κ2) is 6.26. The smallest absolute Gasteiger partial charge is 0.150 e. The Hall–Kier alpha value is -1.88. The summed E-state index contributed by atoms with van der Waals surface area (Å²) in [6.07, 6.45) is 5.08. The highest BCUT2D eigenvalue weighted by atomic mass is 19.1. The Balaban J connectivity index is 1.60. The van der Waals surface area contributed by atoms with Gasteiger partial charge in [-0.15, -0.1) is 0 Å². The van der Waals surface area contributed by atoms with Gasteiger partial charge in [-0.25, -0.2) is 4.39 Å². The molecular formula is C16H20FN3O. The van der Waals surface area contributed by atoms with Crippen LogP contribution in [0.3, 0.4) is 0 Å². The molecule has 3 rings (SSSR count). The standard InChI is InChI=1S/C16H20FN3O/c17-13-9-14(18)12-3-1-6-19-15(12)16(13)20-7-2-8-21-10-11-4-5-11/h1,3,6,9,11,20H,2,4-5,7-8,10,18H2. The molecule has 1 aromatic heterocycles. The van der Waals surface area contributed by atoms with Gasteiger partial charge >= 0.3 is 0 Å². The number of hydrogen-bond donors (Lipinski definition) is 2. The molecule has 1 fully saturated rings. The van der Waals surface area contributed by atoms with Crippen LogP contribution >= 0.6 is 0 Å². The molecule has 0 amide bonds. The molecule has 112 valence electrons. The summed E-state index contributed by atoms with van der Waals surface area (Å²) < 4.78 is 19.6. The third-order valence-electron chi connectivity index (χ3n) is 3.69. The van der Waals surface area contributed by atoms with E-state index in [2.05, 4.69) is 10.3 Å². The van der Waals surface area contributed by atoms with Crippen LogP contribution in [0.15, 0.2) is 24.4 Å². The van der Waals surface area contributed by atoms with Crippen LogP contribution in [0.2, 0.25) is 0 Å². The highest BCUT2D eigenvalue weighted by Crippen LogP contribution is 2.30. The van der Waals surface area contributed by atoms with Crippen molar-refractivity contribution < 1.29 is 9.13 Å². The zero-order valence-electron chi connectivity index (χ0n) is 11.9. The van der Waals surface area contributed by atoms with E-state index in [0.29, 0.717) is 30.0 Å². The van der Waals surface area contributed by atoms with Crippen molar-refractivity contribution in [3.8, 4) is 0 Å². The van der Waals surface area contributed by atoms with Gasteiger partial charge in [0.1, 0.15) is 0 Å². The summed E-state index contributed by atoms with van der Waals surface area (Å²) in [6.45, 7) is 2.21. The van der Waals surface area contributed by atoms with Crippen LogP contribution in [0, 0.1) is 11.7 Å². The van der Waals surface area contributed by atoms with Gasteiger partial charge in [-0.05, 0) is 43.4 Å². The van der Waals surface area contributed by atoms with Crippen molar-refractivity contribution in [3.63, 3.8) is 0 Å². The molecule has 0 unspecified atom stereocenters. The molecule has 0 saturated heterocycles. The zero-order valence-corrected chi connectivity index (χ0v) is 11.9. The van der Waals surface area contributed by atoms with E-state index in [1.54, 1.807) is 12.3 Å². The molecule has 4 nitrogen and oxygen atoms in total. The molecule has 0 bridgehead atoms. The molecule has 1 saturated carbocycles. The van der Waals surface area contributed by atoms with E-state index in [-0.39, 0.29) is 5.82 Å². The summed E-state index contributed by atoms with van der Waals surface area (Å²) in [5.41, 5.74) is 7.23. The Bertz CT molecular complexity index is 628. The number of benzene rings is 1. The molecule has 0 radical (unpaired) electrons. The maximum absolute atomic E-state index is 14.1. The predicted molar refractivity (Wildman–Crippen MR) is 82.8 cm³/mol. The summed E-state index contributed by atoms with van der Waals surface area (Å²) in [7, 11) is 0. The van der Waals surface area contributed by atoms with Crippen LogP contribution < -0.4 is 11.1 Å². The van der Waals surface area contributed by atoms with E-state index in [9.17, 15) is 4.39 Å². The summed E-state index contributed by atoms with van der Waals surface area (Å²) in [5.74, 6) is 0.415. The first-order chi connectivity index (χ1) is 10.3. The molecule has 0 atom stereocenters. The van der Waals surface area contributed by atoms with Crippen LogP contribution in [0.25, 0.3) is 10.9 Å². The van der Waals surface area contributed by atoms with Gasteiger partial charge in [-0.2, -0.15) is 0 Å². The number of nitrogen functional groups attached to an aromatic ring is 1. The first-order valence-corrected chi connectivity index (χ1v) is 7.40. The Morgan fingerprint density at radius 3 is 3.10 bits per heavy atom. The number of fused-ring (bicyclic) bond motifs is 1. The third kappa shape index (κ3) is 3.42. The fourth-order valence-corrected chi connectivity index (χ4v) is 2.33. The van der Waals surface area contributed by atoms with E-state index in [1.165, 1.54) is 18.9 Å². The van der Waals surface area contributed by atoms with Gasteiger partial charge in [0.05, 0.1) is 11.2 Å². The molecule has 0 spiro atoms. The number of anilines is 2. The minimum Gasteiger partial charge on any atom is -0.398 e. The Kier molecular flexibility index (Phi) is 4.20. The summed E-state index contributed by atoms with van der Waals surface area (Å²) >= 11 is 0. The van der Waals surface area contributed by atoms with Crippen LogP contribution in [-0.4, -0.2) is 24.7 Å². The average Bonchev–Trinajstić information content (AvgIpc) is 3.30. The Morgan fingerprint density at radius 2 is 2.29 bits per heavy atom. The van der Waals surface area contributed by atoms with Gasteiger partial charge in [0.15, 0.2) is 5.82 Å². The van der Waals surface area contributed by atoms with Crippen LogP contribution in [0.5, 0.6) is 0 Å². The number of aromatic nitrogens is 1. The van der Waals surface area contributed by atoms with Gasteiger partial charge in [-0.3, -0.25) is 4.98 Å². The first kappa shape index (κ1) is 14.1. The van der Waals surface area contributed by atoms with Crippen molar-refractivity contribution in [1.29, 1.82) is 0 Å². The number of nitrogens with one attached hydrogen (secondary N) is 1. The van der Waals surface area contributed by atoms with Crippen molar-refractivity contribution in [1.82, 2.24) is 4.98 Å². The summed E-state index contributed by atoms with van der Waals surface area (Å²) in [5, 5.41) is 3.88. The lowest BCUT2D eigenvalue weighted by Crippen LogP contribution is -2.09. The fraction of sp³-hybridized carbons (Fsp3) is 0.438. The molecule has 1 heterocycles. The Morgan fingerprint density at radius 1 is 1.43 bits per heavy atom. The lowest BCUT2D eigenvalue weighted by atomic mass is 10.1. The Labute approximate surface area is 123 Å². The predicted octanol–water partition coefficient (Wildman–Crippen LogP) is 3.18. The second-order valence-corrected chi connectivity index (χ2v) is 5.52. The summed E-state index contributed by atoms with van der Waals surface area (Å²) in [4.78, 5) is 4.24. The van der Waals surface area contributed by atoms with Gasteiger partial charge in [-0.1, -0.05) is 0 Å². The van der Waals surface area contributed by atoms with Crippen LogP contribution in [0.4, 0.5) is 15.8 Å². The number of nitrogens with two attached hydrogens (primary N) is 1. The third-order valence-corrected chi connectivity index (χ3v) is 3.69. The summed E-state index contributed by atoms with van der Waals surface area (Å²) in [6, 6.07) is 4.99. The molecule has 2 aromatic rings. The normalized spacial score (nSPS) is 14.5. The van der Waals surface area contributed by atoms with E-state index in [0.717, 1.165) is 24.3 Å². The van der Waals surface area contributed by atoms with Crippen molar-refractivity contribution in [3.05, 3.63) is 30.2 Å². The maximum atomic E-state index is 14.1. The van der Waals surface area contributed by atoms with E-state index in [4.69, 9.17) is 10.5 Å². The average molecular weight is 289 g/mol. The molecule has 1 aromatic carbocycles. The van der Waals surface area contributed by atoms with Crippen LogP contribution in [0.1, 0.15) is 19.3 Å². The van der Waals surface area contributed by atoms with E-state index < -0.39 is 0 Å². The first-order valence-electron chi connectivity index (χ1n) is 7.40. The van der Waals surface area contributed by atoms with Gasteiger partial charge in [0.25, 0.3) is 0 Å². The number of ether oxygens (including phenoxy) is 1. The number of rotatable bonds is 7. The number of halogens is 1. The monoisotopic (exact) mass is 289 g/mol. The molecule has 1 aliphatic carbocycles. The van der Waals surface area contributed by atoms with Crippen molar-refractivity contribution in [2.45, 2.75) is 19.3 Å². The minimum absolute atomic E-state index is 0.363. The molecular weight excluding hydrogens is 269 g/mol. The van der Waals surface area contributed by atoms with Gasteiger partial charge < -0.3 is 15.8 Å². The molecule has 0 aliphatic heterocycles. The topological polar surface area (TPSA) is 60.2 Å². The molecule has 21 heavy (non-hydrogen) atoms. The van der Waals surface area contributed by atoms with Crippen LogP contribution in [-0.2, 0) is 4.74 Å². The number of hydrogen-bond acceptors (Lipinski definition) is 4. The van der Waals surface area contributed by atoms with Gasteiger partial charge in [0.2, 0.25) is 0 Å². The van der Waals surface area contributed by atoms with E-state index >= 15 is 0 Å². The SMILES string of the molecule is Nc1cc(F)c(NCCCOCC2CC2)c2ncccc12.